The summed E-state index contributed by atoms with van der Waals surface area (Å²) < 4.78 is 0. The minimum atomic E-state index is 0. The maximum atomic E-state index is 4.08. The Balaban J connectivity index is -0.000000516. The number of rotatable bonds is 8. The molecule has 16 fully saturated rings. The largest absolute Gasteiger partial charge is 0.358 e. The van der Waals surface area contributed by atoms with E-state index in [9.17, 15) is 0 Å². The molecule has 4 spiro atoms. The second kappa shape index (κ2) is 62.2. The van der Waals surface area contributed by atoms with Crippen LogP contribution in [0.3, 0.4) is 0 Å². The average molecular weight is 1440 g/mol. The molecule has 0 aliphatic heterocycles. The zero-order valence-corrected chi connectivity index (χ0v) is 73.0. The quantitative estimate of drug-likeness (QED) is 0.129. The van der Waals surface area contributed by atoms with Crippen molar-refractivity contribution in [1.29, 1.82) is 0 Å². The maximum Gasteiger partial charge on any atom is 0 e. The van der Waals surface area contributed by atoms with Gasteiger partial charge < -0.3 is 14.9 Å². The van der Waals surface area contributed by atoms with Crippen LogP contribution in [0.25, 0.3) is 0 Å². The molecule has 0 nitrogen and oxygen atoms in total. The van der Waals surface area contributed by atoms with E-state index in [0.29, 0.717) is 0 Å². The third-order valence-electron chi connectivity index (χ3n) is 24.7. The predicted octanol–water partition coefficient (Wildman–Crippen LogP) is 34.4. The van der Waals surface area contributed by atoms with E-state index in [1.165, 1.54) is 163 Å². The van der Waals surface area contributed by atoms with Crippen LogP contribution in [0.2, 0.25) is 0 Å². The van der Waals surface area contributed by atoms with E-state index >= 15 is 0 Å². The molecule has 16 aliphatic rings. The second-order valence-electron chi connectivity index (χ2n) is 32.5. The van der Waals surface area contributed by atoms with Gasteiger partial charge in [0, 0.05) is 34.1 Å². The van der Waals surface area contributed by atoms with Crippen molar-refractivity contribution in [2.45, 2.75) is 471 Å². The fourth-order valence-electron chi connectivity index (χ4n) is 19.4. The Morgan fingerprint density at radius 1 is 0.237 bits per heavy atom. The van der Waals surface area contributed by atoms with E-state index in [2.05, 4.69) is 33.2 Å². The van der Waals surface area contributed by atoms with E-state index in [0.717, 1.165) is 63.1 Å². The van der Waals surface area contributed by atoms with Gasteiger partial charge in [-0.3, -0.25) is 0 Å². The van der Waals surface area contributed by atoms with Crippen molar-refractivity contribution in [3.05, 3.63) is 63.5 Å². The van der Waals surface area contributed by atoms with Gasteiger partial charge in [-0.2, -0.15) is 0 Å². The average Bonchev–Trinajstić information content (AvgIpc) is 1.66. The molecule has 0 amide bonds. The molecule has 0 heterocycles. The van der Waals surface area contributed by atoms with Crippen molar-refractivity contribution in [2.75, 3.05) is 0 Å². The molecular formula is C95H184Mn2-2. The molecule has 2 heteroatoms. The first kappa shape index (κ1) is 103. The molecule has 0 aromatic rings. The van der Waals surface area contributed by atoms with Gasteiger partial charge in [0.05, 0.1) is 0 Å². The first-order valence-corrected chi connectivity index (χ1v) is 44.1. The number of allylic oxidation sites excluding steroid dienone is 4. The first-order chi connectivity index (χ1) is 45.4. The molecule has 16 saturated carbocycles. The maximum absolute atomic E-state index is 4.08. The molecule has 0 aromatic carbocycles. The van der Waals surface area contributed by atoms with Gasteiger partial charge in [0.2, 0.25) is 0 Å². The van der Waals surface area contributed by atoms with Gasteiger partial charge in [-0.15, -0.1) is 0 Å². The first-order valence-electron chi connectivity index (χ1n) is 44.1. The molecule has 0 aromatic heterocycles. The van der Waals surface area contributed by atoms with E-state index in [4.69, 9.17) is 0 Å². The fourth-order valence-corrected chi connectivity index (χ4v) is 19.4. The Bertz CT molecular complexity index is 1580. The number of hydrogen-bond donors (Lipinski definition) is 0. The summed E-state index contributed by atoms with van der Waals surface area (Å²) in [7, 11) is 0. The van der Waals surface area contributed by atoms with Gasteiger partial charge in [0.1, 0.15) is 0 Å². The summed E-state index contributed by atoms with van der Waals surface area (Å²) in [5.41, 5.74) is 9.30. The van der Waals surface area contributed by atoms with Crippen LogP contribution in [0.15, 0.2) is 48.6 Å². The van der Waals surface area contributed by atoms with Crippen LogP contribution in [-0.2, 0) is 34.1 Å². The summed E-state index contributed by atoms with van der Waals surface area (Å²) in [4.78, 5) is 0. The normalized spacial score (nSPS) is 27.5. The monoisotopic (exact) mass is 1440 g/mol. The molecule has 16 rings (SSSR count). The van der Waals surface area contributed by atoms with Crippen LogP contribution < -0.4 is 0 Å². The van der Waals surface area contributed by atoms with Crippen LogP contribution in [0, 0.1) is 89.8 Å². The van der Waals surface area contributed by atoms with Gasteiger partial charge in [0.15, 0.2) is 0 Å². The van der Waals surface area contributed by atoms with Crippen molar-refractivity contribution in [1.82, 2.24) is 0 Å². The van der Waals surface area contributed by atoms with Crippen LogP contribution in [0.1, 0.15) is 471 Å². The van der Waals surface area contributed by atoms with Crippen molar-refractivity contribution in [2.24, 2.45) is 74.9 Å². The van der Waals surface area contributed by atoms with Crippen molar-refractivity contribution in [3.8, 4) is 0 Å². The Labute approximate surface area is 638 Å². The summed E-state index contributed by atoms with van der Waals surface area (Å²) in [6.07, 6.45) is 82.8. The molecule has 2 radical (unpaired) electrons. The van der Waals surface area contributed by atoms with Crippen molar-refractivity contribution < 1.29 is 34.1 Å². The van der Waals surface area contributed by atoms with E-state index < -0.39 is 0 Å². The zero-order valence-electron chi connectivity index (χ0n) is 70.7. The minimum Gasteiger partial charge on any atom is -0.358 e. The summed E-state index contributed by atoms with van der Waals surface area (Å²) in [5, 5.41) is 0. The van der Waals surface area contributed by atoms with Gasteiger partial charge in [-0.25, -0.2) is 0 Å². The summed E-state index contributed by atoms with van der Waals surface area (Å²) in [5.74, 6) is 9.88. The van der Waals surface area contributed by atoms with Crippen LogP contribution in [0.4, 0.5) is 0 Å². The fraction of sp³-hybridized carbons (Fsp3) is 0.895. The molecule has 0 N–H and O–H groups in total. The number of hydrogen-bond acceptors (Lipinski definition) is 0. The molecule has 16 aliphatic carbocycles. The summed E-state index contributed by atoms with van der Waals surface area (Å²) in [6.45, 7) is 50.1. The molecule has 0 bridgehead atoms. The Kier molecular flexibility index (Phi) is 66.3. The Morgan fingerprint density at radius 3 is 0.598 bits per heavy atom. The smallest absolute Gasteiger partial charge is 0 e. The molecular weight excluding hydrogens is 1250 g/mol. The third kappa shape index (κ3) is 44.5. The molecule has 6 unspecified atom stereocenters. The van der Waals surface area contributed by atoms with Gasteiger partial charge in [-0.1, -0.05) is 275 Å². The molecule has 0 saturated heterocycles. The Morgan fingerprint density at radius 2 is 0.443 bits per heavy atom. The van der Waals surface area contributed by atoms with Gasteiger partial charge in [-0.05, 0) is 319 Å². The van der Waals surface area contributed by atoms with Crippen LogP contribution >= 0.6 is 0 Å². The third-order valence-corrected chi connectivity index (χ3v) is 24.7. The van der Waals surface area contributed by atoms with Gasteiger partial charge >= 0.3 is 0 Å². The molecule has 97 heavy (non-hydrogen) atoms. The molecule has 580 valence electrons. The summed E-state index contributed by atoms with van der Waals surface area (Å²) >= 11 is 0. The standard InChI is InChI=1S/2C19H32.C13H20.C7H12.2C6H10.C4H8.C3H6.8C2H6.2CH3.2Mn/c2*1-2-8-18(7-1)11-5-16(14-18)13-17-6-12-19(15-17)9-3-4-10-19;1-10-3-5-12(7-10)9-13-6-4-11(2)8-13;1-2-6(1)5-7-3-4-7;2*1-6-4-2-3-5-6;1-4-2-3-4;1-2-3-1;8*1-2;;;;/h2*16-17H,1-15H2;12-13H,1-9H2;6-7H,1-5H2;2*1-5H2;4H,2-3H2,1H3;1-3H2;8*1-2H3;2*1H3;;/q;;;;;;;;;;;;;;;;2*-1;;. The topological polar surface area (TPSA) is 0 Å². The van der Waals surface area contributed by atoms with Gasteiger partial charge in [0.25, 0.3) is 0 Å². The Hall–Kier alpha value is -0.00104. The van der Waals surface area contributed by atoms with Crippen LogP contribution in [0.5, 0.6) is 0 Å². The van der Waals surface area contributed by atoms with E-state index in [-0.39, 0.29) is 49.0 Å². The zero-order chi connectivity index (χ0) is 69.4. The van der Waals surface area contributed by atoms with Crippen LogP contribution in [-0.4, -0.2) is 0 Å². The van der Waals surface area contributed by atoms with E-state index in [1.807, 2.05) is 111 Å². The second-order valence-corrected chi connectivity index (χ2v) is 32.5. The summed E-state index contributed by atoms with van der Waals surface area (Å²) in [6, 6.07) is 0. The minimum absolute atomic E-state index is 0. The van der Waals surface area contributed by atoms with Crippen molar-refractivity contribution >= 4 is 0 Å². The SMILES string of the molecule is C1CC1.C1CC1CC1CC1.C1CCC2(C1)CCC(CC1CCC3(CCCC3)C1)C2.C1CCC2(C1)CCC(CC1CCC3(CCCC3)C1)C2.C=C1CCC(CC2CCC(=C)C2)C1.C=C1CCCC1.C=C1CCCC1.CC.CC.CC.CC.CC.CC.CC.CC.CC1CC1.[CH3-].[CH3-].[Mn].[Mn]. The van der Waals surface area contributed by atoms with E-state index in [1.54, 1.807) is 225 Å². The van der Waals surface area contributed by atoms with Crippen molar-refractivity contribution in [3.63, 3.8) is 0 Å². The predicted molar refractivity (Wildman–Crippen MR) is 441 cm³/mol. The molecule has 6 atom stereocenters.